The fraction of sp³-hybridized carbons (Fsp3) is 0.760. The third-order valence-electron chi connectivity index (χ3n) is 4.35. The van der Waals surface area contributed by atoms with Crippen LogP contribution in [0.2, 0.25) is 0 Å². The topological polar surface area (TPSA) is 73.1 Å². The van der Waals surface area contributed by atoms with Crippen LogP contribution in [0.5, 0.6) is 0 Å². The molecule has 5 nitrogen and oxygen atoms in total. The Morgan fingerprint density at radius 1 is 1.03 bits per heavy atom. The molecule has 0 unspecified atom stereocenters. The molecule has 30 heavy (non-hydrogen) atoms. The molecule has 1 heterocycles. The first kappa shape index (κ1) is 30.7. The quantitative estimate of drug-likeness (QED) is 0.355. The summed E-state index contributed by atoms with van der Waals surface area (Å²) >= 11 is 0. The van der Waals surface area contributed by atoms with Crippen molar-refractivity contribution in [1.82, 2.24) is 9.97 Å². The lowest BCUT2D eigenvalue weighted by molar-refractivity contribution is 0.194. The summed E-state index contributed by atoms with van der Waals surface area (Å²) in [6, 6.07) is 1.87. The highest BCUT2D eigenvalue weighted by atomic mass is 16.5. The maximum absolute atomic E-state index is 5.47. The Balaban J connectivity index is 0. The highest BCUT2D eigenvalue weighted by Gasteiger charge is 1.98. The number of methoxy groups -OCH3 is 1. The maximum Gasteiger partial charge on any atom is 0.129 e. The lowest BCUT2D eigenvalue weighted by atomic mass is 10.0. The Labute approximate surface area is 187 Å². The number of nitrogens with zero attached hydrogens (tertiary/aromatic N) is 2. The minimum atomic E-state index is 0.460. The first-order chi connectivity index (χ1) is 14.6. The van der Waals surface area contributed by atoms with E-state index in [1.165, 1.54) is 64.2 Å². The van der Waals surface area contributed by atoms with E-state index in [1.807, 2.05) is 19.9 Å². The van der Waals surface area contributed by atoms with Gasteiger partial charge in [0.25, 0.3) is 0 Å². The van der Waals surface area contributed by atoms with Crippen molar-refractivity contribution in [3.05, 3.63) is 29.7 Å². The van der Waals surface area contributed by atoms with Crippen molar-refractivity contribution in [2.75, 3.05) is 25.6 Å². The molecule has 1 saturated carbocycles. The third kappa shape index (κ3) is 22.8. The second-order valence-corrected chi connectivity index (χ2v) is 7.35. The molecule has 5 heteroatoms. The molecule has 0 saturated heterocycles. The number of aromatic nitrogens is 2. The molecule has 0 amide bonds. The van der Waals surface area contributed by atoms with Gasteiger partial charge in [0, 0.05) is 32.9 Å². The standard InChI is InChI=1S/C8H14N4.2C6H12.C5H12O/c1-3-10-8-4-7(5-9)11-6(2)12-8;1-2-4-6-5-3-1;1-3-5-6-4-2;1-3-4-5-6-2/h4H,3,5,9H2,1-2H3,(H,10,11,12);1-6H2;3,5H,4,6H2,1-2H3;3-5H2,1-2H3/b;;5-3-;. The van der Waals surface area contributed by atoms with Crippen molar-refractivity contribution in [2.24, 2.45) is 5.73 Å². The van der Waals surface area contributed by atoms with E-state index in [2.05, 4.69) is 48.2 Å². The fourth-order valence-electron chi connectivity index (χ4n) is 2.69. The molecule has 1 aromatic heterocycles. The van der Waals surface area contributed by atoms with Crippen LogP contribution in [0.4, 0.5) is 5.82 Å². The molecule has 2 rings (SSSR count). The average molecular weight is 423 g/mol. The van der Waals surface area contributed by atoms with Crippen molar-refractivity contribution in [2.45, 2.75) is 105 Å². The predicted molar refractivity (Wildman–Crippen MR) is 133 cm³/mol. The summed E-state index contributed by atoms with van der Waals surface area (Å²) < 4.78 is 4.78. The van der Waals surface area contributed by atoms with Gasteiger partial charge in [-0.2, -0.15) is 0 Å². The zero-order valence-corrected chi connectivity index (χ0v) is 20.8. The molecule has 1 aromatic rings. The highest BCUT2D eigenvalue weighted by molar-refractivity contribution is 5.35. The van der Waals surface area contributed by atoms with E-state index in [-0.39, 0.29) is 0 Å². The van der Waals surface area contributed by atoms with Gasteiger partial charge in [-0.05, 0) is 33.6 Å². The van der Waals surface area contributed by atoms with Gasteiger partial charge in [0.2, 0.25) is 0 Å². The van der Waals surface area contributed by atoms with Crippen molar-refractivity contribution >= 4 is 5.82 Å². The zero-order valence-electron chi connectivity index (χ0n) is 20.8. The summed E-state index contributed by atoms with van der Waals surface area (Å²) in [5, 5.41) is 3.12. The molecule has 1 fully saturated rings. The second-order valence-electron chi connectivity index (χ2n) is 7.35. The van der Waals surface area contributed by atoms with Crippen LogP contribution in [0.25, 0.3) is 0 Å². The summed E-state index contributed by atoms with van der Waals surface area (Å²) in [7, 11) is 1.73. The summed E-state index contributed by atoms with van der Waals surface area (Å²) in [6.45, 7) is 12.5. The molecule has 0 aliphatic heterocycles. The molecular formula is C25H50N4O. The van der Waals surface area contributed by atoms with Gasteiger partial charge in [-0.15, -0.1) is 0 Å². The van der Waals surface area contributed by atoms with Crippen molar-refractivity contribution in [3.8, 4) is 0 Å². The largest absolute Gasteiger partial charge is 0.385 e. The molecule has 0 radical (unpaired) electrons. The molecule has 0 spiro atoms. The Bertz CT molecular complexity index is 473. The first-order valence-electron chi connectivity index (χ1n) is 12.0. The smallest absolute Gasteiger partial charge is 0.129 e. The van der Waals surface area contributed by atoms with Gasteiger partial charge in [0.05, 0.1) is 5.69 Å². The number of nitrogens with two attached hydrogens (primary N) is 1. The van der Waals surface area contributed by atoms with Gasteiger partial charge in [0.15, 0.2) is 0 Å². The van der Waals surface area contributed by atoms with E-state index < -0.39 is 0 Å². The van der Waals surface area contributed by atoms with Gasteiger partial charge in [0.1, 0.15) is 11.6 Å². The third-order valence-corrected chi connectivity index (χ3v) is 4.35. The number of aryl methyl sites for hydroxylation is 1. The van der Waals surface area contributed by atoms with Crippen LogP contribution >= 0.6 is 0 Å². The number of anilines is 1. The number of hydrogen-bond acceptors (Lipinski definition) is 5. The van der Waals surface area contributed by atoms with E-state index in [1.54, 1.807) is 7.11 Å². The maximum atomic E-state index is 5.47. The van der Waals surface area contributed by atoms with E-state index in [0.717, 1.165) is 30.5 Å². The molecule has 0 aromatic carbocycles. The summed E-state index contributed by atoms with van der Waals surface area (Å²) in [5.41, 5.74) is 6.34. The first-order valence-corrected chi connectivity index (χ1v) is 12.0. The summed E-state index contributed by atoms with van der Waals surface area (Å²) in [5.74, 6) is 1.61. The summed E-state index contributed by atoms with van der Waals surface area (Å²) in [6.07, 6.45) is 18.2. The van der Waals surface area contributed by atoms with Crippen molar-refractivity contribution in [3.63, 3.8) is 0 Å². The molecule has 1 aliphatic rings. The molecule has 1 aliphatic carbocycles. The minimum Gasteiger partial charge on any atom is -0.385 e. The van der Waals surface area contributed by atoms with Gasteiger partial charge in [-0.25, -0.2) is 9.97 Å². The number of ether oxygens (including phenoxy) is 1. The van der Waals surface area contributed by atoms with E-state index >= 15 is 0 Å². The Morgan fingerprint density at radius 3 is 1.97 bits per heavy atom. The van der Waals surface area contributed by atoms with Crippen LogP contribution in [0.15, 0.2) is 18.2 Å². The monoisotopic (exact) mass is 422 g/mol. The Morgan fingerprint density at radius 2 is 1.63 bits per heavy atom. The zero-order chi connectivity index (χ0) is 22.9. The lowest BCUT2D eigenvalue weighted by Crippen LogP contribution is -2.06. The molecule has 0 bridgehead atoms. The Kier molecular flexibility index (Phi) is 26.2. The van der Waals surface area contributed by atoms with Crippen LogP contribution < -0.4 is 11.1 Å². The van der Waals surface area contributed by atoms with Gasteiger partial charge in [-0.3, -0.25) is 0 Å². The van der Waals surface area contributed by atoms with E-state index in [9.17, 15) is 0 Å². The van der Waals surface area contributed by atoms with E-state index in [4.69, 9.17) is 10.5 Å². The molecule has 176 valence electrons. The lowest BCUT2D eigenvalue weighted by Gasteiger charge is -2.05. The van der Waals surface area contributed by atoms with Crippen LogP contribution in [-0.2, 0) is 11.3 Å². The van der Waals surface area contributed by atoms with Gasteiger partial charge < -0.3 is 15.8 Å². The van der Waals surface area contributed by atoms with Crippen LogP contribution in [0.3, 0.4) is 0 Å². The SMILES string of the molecule is C/C=C\CCC.C1CCCCC1.CCCCOC.CCNc1cc(CN)nc(C)n1. The normalized spacial score (nSPS) is 12.6. The molecule has 0 atom stereocenters. The fourth-order valence-corrected chi connectivity index (χ4v) is 2.69. The number of nitrogens with one attached hydrogen (secondary N) is 1. The molecule has 3 N–H and O–H groups in total. The number of hydrogen-bond donors (Lipinski definition) is 2. The minimum absolute atomic E-state index is 0.460. The van der Waals surface area contributed by atoms with Crippen molar-refractivity contribution < 1.29 is 4.74 Å². The van der Waals surface area contributed by atoms with Gasteiger partial charge in [-0.1, -0.05) is 77.4 Å². The van der Waals surface area contributed by atoms with E-state index in [0.29, 0.717) is 6.54 Å². The highest BCUT2D eigenvalue weighted by Crippen LogP contribution is 2.15. The predicted octanol–water partition coefficient (Wildman–Crippen LogP) is 6.81. The summed E-state index contributed by atoms with van der Waals surface area (Å²) in [4.78, 5) is 8.35. The van der Waals surface area contributed by atoms with Crippen LogP contribution in [0.1, 0.15) is 103 Å². The molecular weight excluding hydrogens is 372 g/mol. The second kappa shape index (κ2) is 25.6. The Hall–Kier alpha value is -1.46. The number of allylic oxidation sites excluding steroid dienone is 2. The number of unbranched alkanes of at least 4 members (excludes halogenated alkanes) is 2. The van der Waals surface area contributed by atoms with Crippen LogP contribution in [0, 0.1) is 6.92 Å². The number of rotatable bonds is 8. The van der Waals surface area contributed by atoms with Crippen LogP contribution in [-0.4, -0.2) is 30.2 Å². The van der Waals surface area contributed by atoms with Gasteiger partial charge >= 0.3 is 0 Å². The van der Waals surface area contributed by atoms with Crippen molar-refractivity contribution in [1.29, 1.82) is 0 Å². The average Bonchev–Trinajstić information content (AvgIpc) is 2.78.